The second-order valence-corrected chi connectivity index (χ2v) is 6.69. The number of fused-ring (bicyclic) bond motifs is 1. The van der Waals surface area contributed by atoms with E-state index in [1.807, 2.05) is 12.1 Å². The smallest absolute Gasteiger partial charge is 0.126 e. The van der Waals surface area contributed by atoms with Gasteiger partial charge in [0.25, 0.3) is 0 Å². The Morgan fingerprint density at radius 3 is 2.95 bits per heavy atom. The van der Waals surface area contributed by atoms with E-state index in [4.69, 9.17) is 4.74 Å². The number of hydrogen-bond donors (Lipinski definition) is 1. The molecule has 3 unspecified atom stereocenters. The molecule has 1 N–H and O–H groups in total. The van der Waals surface area contributed by atoms with Gasteiger partial charge in [-0.15, -0.1) is 0 Å². The van der Waals surface area contributed by atoms with Crippen LogP contribution in [0.3, 0.4) is 0 Å². The van der Waals surface area contributed by atoms with Gasteiger partial charge in [-0.25, -0.2) is 4.39 Å². The van der Waals surface area contributed by atoms with E-state index in [0.29, 0.717) is 18.1 Å². The van der Waals surface area contributed by atoms with Gasteiger partial charge in [-0.05, 0) is 37.4 Å². The zero-order valence-corrected chi connectivity index (χ0v) is 12.4. The Kier molecular flexibility index (Phi) is 3.83. The predicted molar refractivity (Wildman–Crippen MR) is 78.1 cm³/mol. The fraction of sp³-hybridized carbons (Fsp3) is 0.647. The van der Waals surface area contributed by atoms with E-state index in [1.165, 1.54) is 18.9 Å². The van der Waals surface area contributed by atoms with Crippen LogP contribution in [0, 0.1) is 17.2 Å². The predicted octanol–water partition coefficient (Wildman–Crippen LogP) is 3.16. The summed E-state index contributed by atoms with van der Waals surface area (Å²) in [6.07, 6.45) is 3.58. The van der Waals surface area contributed by atoms with Crippen molar-refractivity contribution in [2.45, 2.75) is 45.3 Å². The van der Waals surface area contributed by atoms with Gasteiger partial charge in [0, 0.05) is 24.0 Å². The van der Waals surface area contributed by atoms with Crippen LogP contribution in [-0.4, -0.2) is 25.3 Å². The zero-order valence-electron chi connectivity index (χ0n) is 12.4. The molecule has 0 spiro atoms. The van der Waals surface area contributed by atoms with Crippen LogP contribution in [0.25, 0.3) is 0 Å². The molecule has 2 aliphatic rings. The van der Waals surface area contributed by atoms with Crippen molar-refractivity contribution in [2.75, 3.05) is 13.2 Å². The van der Waals surface area contributed by atoms with Crippen molar-refractivity contribution < 1.29 is 9.13 Å². The fourth-order valence-electron chi connectivity index (χ4n) is 4.00. The summed E-state index contributed by atoms with van der Waals surface area (Å²) >= 11 is 0. The summed E-state index contributed by atoms with van der Waals surface area (Å²) in [5.41, 5.74) is 0.994. The molecule has 1 heterocycles. The lowest BCUT2D eigenvalue weighted by Crippen LogP contribution is -2.69. The largest absolute Gasteiger partial charge is 0.377 e. The molecule has 0 aromatic heterocycles. The summed E-state index contributed by atoms with van der Waals surface area (Å²) in [5.74, 6) is 0.542. The Bertz CT molecular complexity index is 474. The molecule has 1 aromatic rings. The van der Waals surface area contributed by atoms with Crippen LogP contribution in [-0.2, 0) is 11.2 Å². The third-order valence-electron chi connectivity index (χ3n) is 5.05. The molecule has 20 heavy (non-hydrogen) atoms. The summed E-state index contributed by atoms with van der Waals surface area (Å²) in [7, 11) is 0. The molecular formula is C17H24FNO. The molecule has 0 bridgehead atoms. The normalized spacial score (nSPS) is 31.4. The highest BCUT2D eigenvalue weighted by Crippen LogP contribution is 2.51. The van der Waals surface area contributed by atoms with E-state index in [2.05, 4.69) is 19.2 Å². The van der Waals surface area contributed by atoms with E-state index in [-0.39, 0.29) is 11.2 Å². The Hall–Kier alpha value is -0.930. The van der Waals surface area contributed by atoms with Gasteiger partial charge >= 0.3 is 0 Å². The lowest BCUT2D eigenvalue weighted by Gasteiger charge is -2.60. The monoisotopic (exact) mass is 277 g/mol. The maximum absolute atomic E-state index is 13.6. The number of rotatable bonds is 4. The lowest BCUT2D eigenvalue weighted by molar-refractivity contribution is -0.192. The zero-order chi connectivity index (χ0) is 14.2. The van der Waals surface area contributed by atoms with Gasteiger partial charge in [-0.2, -0.15) is 0 Å². The van der Waals surface area contributed by atoms with Gasteiger partial charge in [0.1, 0.15) is 5.82 Å². The van der Waals surface area contributed by atoms with Gasteiger partial charge in [-0.3, -0.25) is 0 Å². The Morgan fingerprint density at radius 2 is 2.15 bits per heavy atom. The van der Waals surface area contributed by atoms with Crippen LogP contribution in [0.15, 0.2) is 24.3 Å². The molecule has 0 radical (unpaired) electrons. The average molecular weight is 277 g/mol. The van der Waals surface area contributed by atoms with Crippen LogP contribution in [0.1, 0.15) is 32.3 Å². The van der Waals surface area contributed by atoms with Gasteiger partial charge in [0.2, 0.25) is 0 Å². The van der Waals surface area contributed by atoms with Crippen LogP contribution in [0.4, 0.5) is 4.39 Å². The van der Waals surface area contributed by atoms with Crippen molar-refractivity contribution in [1.29, 1.82) is 0 Å². The van der Waals surface area contributed by atoms with Crippen LogP contribution < -0.4 is 5.32 Å². The number of halogens is 1. The minimum Gasteiger partial charge on any atom is -0.377 e. The third-order valence-corrected chi connectivity index (χ3v) is 5.05. The summed E-state index contributed by atoms with van der Waals surface area (Å²) in [6, 6.07) is 7.55. The Balaban J connectivity index is 1.55. The summed E-state index contributed by atoms with van der Waals surface area (Å²) in [6.45, 7) is 6.30. The molecule has 2 fully saturated rings. The third kappa shape index (κ3) is 2.38. The van der Waals surface area contributed by atoms with Crippen molar-refractivity contribution in [3.05, 3.63) is 35.6 Å². The number of nitrogens with one attached hydrogen (secondary N) is 1. The molecule has 1 saturated carbocycles. The van der Waals surface area contributed by atoms with E-state index >= 15 is 0 Å². The van der Waals surface area contributed by atoms with Crippen molar-refractivity contribution in [3.8, 4) is 0 Å². The molecule has 3 heteroatoms. The minimum absolute atomic E-state index is 0.0963. The SMILES string of the molecule is CC1(C)C(NCCc2ccccc2F)C2CCCOC21. The van der Waals surface area contributed by atoms with E-state index in [0.717, 1.165) is 25.1 Å². The Labute approximate surface area is 120 Å². The number of benzene rings is 1. The van der Waals surface area contributed by atoms with Crippen LogP contribution >= 0.6 is 0 Å². The number of ether oxygens (including phenoxy) is 1. The van der Waals surface area contributed by atoms with E-state index in [9.17, 15) is 4.39 Å². The van der Waals surface area contributed by atoms with Crippen molar-refractivity contribution >= 4 is 0 Å². The fourth-order valence-corrected chi connectivity index (χ4v) is 4.00. The quantitative estimate of drug-likeness (QED) is 0.913. The first-order chi connectivity index (χ1) is 9.60. The topological polar surface area (TPSA) is 21.3 Å². The second kappa shape index (κ2) is 5.45. The van der Waals surface area contributed by atoms with E-state index < -0.39 is 0 Å². The highest BCUT2D eigenvalue weighted by atomic mass is 19.1. The molecule has 1 aliphatic carbocycles. The van der Waals surface area contributed by atoms with Crippen LogP contribution in [0.2, 0.25) is 0 Å². The highest BCUT2D eigenvalue weighted by molar-refractivity contribution is 5.18. The number of hydrogen-bond acceptors (Lipinski definition) is 2. The molecule has 3 atom stereocenters. The molecule has 0 amide bonds. The molecular weight excluding hydrogens is 253 g/mol. The minimum atomic E-state index is -0.0963. The molecule has 1 aromatic carbocycles. The lowest BCUT2D eigenvalue weighted by atomic mass is 9.55. The maximum Gasteiger partial charge on any atom is 0.126 e. The maximum atomic E-state index is 13.6. The van der Waals surface area contributed by atoms with Gasteiger partial charge < -0.3 is 10.1 Å². The van der Waals surface area contributed by atoms with E-state index in [1.54, 1.807) is 6.07 Å². The van der Waals surface area contributed by atoms with Crippen molar-refractivity contribution in [2.24, 2.45) is 11.3 Å². The molecule has 1 saturated heterocycles. The first kappa shape index (κ1) is 14.0. The molecule has 3 rings (SSSR count). The van der Waals surface area contributed by atoms with Crippen molar-refractivity contribution in [3.63, 3.8) is 0 Å². The van der Waals surface area contributed by atoms with Crippen molar-refractivity contribution in [1.82, 2.24) is 5.32 Å². The standard InChI is InChI=1S/C17H24FNO/c1-17(2)15(13-7-5-11-20-16(13)17)19-10-9-12-6-3-4-8-14(12)18/h3-4,6,8,13,15-16,19H,5,7,9-11H2,1-2H3. The van der Waals surface area contributed by atoms with Gasteiger partial charge in [-0.1, -0.05) is 32.0 Å². The van der Waals surface area contributed by atoms with Crippen LogP contribution in [0.5, 0.6) is 0 Å². The molecule has 110 valence electrons. The summed E-state index contributed by atoms with van der Waals surface area (Å²) in [4.78, 5) is 0. The summed E-state index contributed by atoms with van der Waals surface area (Å²) in [5, 5.41) is 3.64. The highest BCUT2D eigenvalue weighted by Gasteiger charge is 2.57. The van der Waals surface area contributed by atoms with Gasteiger partial charge in [0.15, 0.2) is 0 Å². The Morgan fingerprint density at radius 1 is 1.35 bits per heavy atom. The molecule has 1 aliphatic heterocycles. The van der Waals surface area contributed by atoms with Gasteiger partial charge in [0.05, 0.1) is 6.10 Å². The second-order valence-electron chi connectivity index (χ2n) is 6.69. The first-order valence-corrected chi connectivity index (χ1v) is 7.69. The average Bonchev–Trinajstić information content (AvgIpc) is 2.45. The first-order valence-electron chi connectivity index (χ1n) is 7.69. The summed E-state index contributed by atoms with van der Waals surface area (Å²) < 4.78 is 19.5. The molecule has 2 nitrogen and oxygen atoms in total.